The average Bonchev–Trinajstić information content (AvgIpc) is 2.28. The molecule has 0 aromatic carbocycles. The molecular weight excluding hydrogens is 172 g/mol. The minimum atomic E-state index is -0.0747. The van der Waals surface area contributed by atoms with E-state index in [0.717, 1.165) is 5.75 Å². The van der Waals surface area contributed by atoms with Gasteiger partial charge in [0.2, 0.25) is 0 Å². The number of thioether (sulfide) groups is 1. The normalized spacial score (nSPS) is 51.6. The Labute approximate surface area is 76.7 Å². The van der Waals surface area contributed by atoms with E-state index in [1.54, 1.807) is 0 Å². The zero-order valence-corrected chi connectivity index (χ0v) is 8.42. The minimum absolute atomic E-state index is 0.0212. The van der Waals surface area contributed by atoms with Crippen LogP contribution in [0.2, 0.25) is 0 Å². The summed E-state index contributed by atoms with van der Waals surface area (Å²) >= 11 is 1.91. The van der Waals surface area contributed by atoms with E-state index in [9.17, 15) is 4.79 Å². The lowest BCUT2D eigenvalue weighted by atomic mass is 9.81. The molecule has 2 heterocycles. The molecule has 0 aromatic heterocycles. The van der Waals surface area contributed by atoms with Crippen LogP contribution in [0.1, 0.15) is 20.8 Å². The summed E-state index contributed by atoms with van der Waals surface area (Å²) < 4.78 is 0. The monoisotopic (exact) mass is 186 g/mol. The van der Waals surface area contributed by atoms with E-state index in [1.807, 2.05) is 11.8 Å². The maximum Gasteiger partial charge on any atom is 0.315 e. The maximum absolute atomic E-state index is 11.2. The predicted molar refractivity (Wildman–Crippen MR) is 50.4 cm³/mol. The van der Waals surface area contributed by atoms with Crippen LogP contribution in [0.15, 0.2) is 0 Å². The molecule has 2 aliphatic heterocycles. The van der Waals surface area contributed by atoms with E-state index in [0.29, 0.717) is 5.25 Å². The SMILES string of the molecule is CC1SCC2(C)NC(=O)N[C@]12C. The fourth-order valence-electron chi connectivity index (χ4n) is 1.98. The topological polar surface area (TPSA) is 41.1 Å². The van der Waals surface area contributed by atoms with Gasteiger partial charge in [-0.1, -0.05) is 6.92 Å². The van der Waals surface area contributed by atoms with Gasteiger partial charge in [0.25, 0.3) is 0 Å². The van der Waals surface area contributed by atoms with Crippen molar-refractivity contribution in [2.24, 2.45) is 0 Å². The molecule has 2 unspecified atom stereocenters. The van der Waals surface area contributed by atoms with Crippen molar-refractivity contribution in [3.8, 4) is 0 Å². The molecule has 0 aromatic rings. The summed E-state index contributed by atoms with van der Waals surface area (Å²) in [5, 5.41) is 6.49. The summed E-state index contributed by atoms with van der Waals surface area (Å²) in [7, 11) is 0. The van der Waals surface area contributed by atoms with E-state index >= 15 is 0 Å². The first-order chi connectivity index (χ1) is 5.48. The number of fused-ring (bicyclic) bond motifs is 1. The third kappa shape index (κ3) is 0.762. The summed E-state index contributed by atoms with van der Waals surface area (Å²) in [5.74, 6) is 1.00. The second-order valence-electron chi connectivity index (χ2n) is 4.07. The Kier molecular flexibility index (Phi) is 1.44. The predicted octanol–water partition coefficient (Wildman–Crippen LogP) is 0.952. The quantitative estimate of drug-likeness (QED) is 0.553. The molecule has 12 heavy (non-hydrogen) atoms. The van der Waals surface area contributed by atoms with Crippen molar-refractivity contribution >= 4 is 17.8 Å². The van der Waals surface area contributed by atoms with Crippen LogP contribution in [0.25, 0.3) is 0 Å². The third-order valence-corrected chi connectivity index (χ3v) is 5.06. The van der Waals surface area contributed by atoms with Crippen LogP contribution < -0.4 is 10.6 Å². The van der Waals surface area contributed by atoms with Gasteiger partial charge in [0.05, 0.1) is 11.1 Å². The van der Waals surface area contributed by atoms with Gasteiger partial charge in [0, 0.05) is 11.0 Å². The Morgan fingerprint density at radius 1 is 1.50 bits per heavy atom. The van der Waals surface area contributed by atoms with Gasteiger partial charge in [-0.05, 0) is 13.8 Å². The van der Waals surface area contributed by atoms with Gasteiger partial charge in [0.15, 0.2) is 0 Å². The van der Waals surface area contributed by atoms with Gasteiger partial charge in [-0.15, -0.1) is 0 Å². The highest BCUT2D eigenvalue weighted by Crippen LogP contribution is 2.44. The van der Waals surface area contributed by atoms with Gasteiger partial charge in [0.1, 0.15) is 0 Å². The van der Waals surface area contributed by atoms with Crippen molar-refractivity contribution in [2.75, 3.05) is 5.75 Å². The fraction of sp³-hybridized carbons (Fsp3) is 0.875. The molecule has 68 valence electrons. The molecular formula is C8H14N2OS. The lowest BCUT2D eigenvalue weighted by Crippen LogP contribution is -2.57. The van der Waals surface area contributed by atoms with E-state index in [4.69, 9.17) is 0 Å². The fourth-order valence-corrected chi connectivity index (χ4v) is 3.59. The zero-order chi connectivity index (χ0) is 8.98. The van der Waals surface area contributed by atoms with Gasteiger partial charge >= 0.3 is 6.03 Å². The molecule has 3 atom stereocenters. The number of hydrogen-bond donors (Lipinski definition) is 2. The first-order valence-electron chi connectivity index (χ1n) is 4.20. The first-order valence-corrected chi connectivity index (χ1v) is 5.25. The molecule has 4 heteroatoms. The van der Waals surface area contributed by atoms with Crippen molar-refractivity contribution in [2.45, 2.75) is 37.1 Å². The molecule has 0 spiro atoms. The summed E-state index contributed by atoms with van der Waals surface area (Å²) in [5.41, 5.74) is -0.136. The Balaban J connectivity index is 2.38. The molecule has 2 N–H and O–H groups in total. The van der Waals surface area contributed by atoms with Crippen molar-refractivity contribution in [1.82, 2.24) is 10.6 Å². The maximum atomic E-state index is 11.2. The first kappa shape index (κ1) is 8.23. The summed E-state index contributed by atoms with van der Waals surface area (Å²) in [6.45, 7) is 6.40. The summed E-state index contributed by atoms with van der Waals surface area (Å²) in [6.07, 6.45) is 0. The second kappa shape index (κ2) is 2.10. The van der Waals surface area contributed by atoms with Crippen LogP contribution in [0.4, 0.5) is 4.79 Å². The molecule has 2 rings (SSSR count). The van der Waals surface area contributed by atoms with E-state index in [-0.39, 0.29) is 17.1 Å². The Morgan fingerprint density at radius 3 is 2.75 bits per heavy atom. The molecule has 0 bridgehead atoms. The number of rotatable bonds is 0. The summed E-state index contributed by atoms with van der Waals surface area (Å²) in [6, 6.07) is -0.0212. The number of hydrogen-bond acceptors (Lipinski definition) is 2. The van der Waals surface area contributed by atoms with Crippen molar-refractivity contribution in [3.05, 3.63) is 0 Å². The van der Waals surface area contributed by atoms with Crippen molar-refractivity contribution in [3.63, 3.8) is 0 Å². The molecule has 0 radical (unpaired) electrons. The largest absolute Gasteiger partial charge is 0.330 e. The molecule has 0 aliphatic carbocycles. The highest BCUT2D eigenvalue weighted by molar-refractivity contribution is 8.00. The van der Waals surface area contributed by atoms with Gasteiger partial charge < -0.3 is 10.6 Å². The highest BCUT2D eigenvalue weighted by atomic mass is 32.2. The Bertz CT molecular complexity index is 245. The number of urea groups is 1. The number of amides is 2. The Hall–Kier alpha value is -0.380. The van der Waals surface area contributed by atoms with Crippen LogP contribution in [0.5, 0.6) is 0 Å². The number of nitrogens with one attached hydrogen (secondary N) is 2. The van der Waals surface area contributed by atoms with Crippen LogP contribution in [0.3, 0.4) is 0 Å². The molecule has 2 aliphatic rings. The lowest BCUT2D eigenvalue weighted by molar-refractivity contribution is 0.245. The lowest BCUT2D eigenvalue weighted by Gasteiger charge is -2.34. The number of carbonyl (C=O) groups excluding carboxylic acids is 1. The number of carbonyl (C=O) groups is 1. The Morgan fingerprint density at radius 2 is 2.17 bits per heavy atom. The van der Waals surface area contributed by atoms with Crippen LogP contribution in [-0.4, -0.2) is 28.1 Å². The molecule has 3 nitrogen and oxygen atoms in total. The molecule has 2 amide bonds. The van der Waals surface area contributed by atoms with Gasteiger partial charge in [-0.3, -0.25) is 0 Å². The van der Waals surface area contributed by atoms with Gasteiger partial charge in [-0.2, -0.15) is 11.8 Å². The molecule has 2 fully saturated rings. The highest BCUT2D eigenvalue weighted by Gasteiger charge is 2.59. The van der Waals surface area contributed by atoms with Crippen LogP contribution >= 0.6 is 11.8 Å². The van der Waals surface area contributed by atoms with Crippen molar-refractivity contribution in [1.29, 1.82) is 0 Å². The van der Waals surface area contributed by atoms with Crippen LogP contribution in [-0.2, 0) is 0 Å². The zero-order valence-electron chi connectivity index (χ0n) is 7.60. The van der Waals surface area contributed by atoms with E-state index in [1.165, 1.54) is 0 Å². The second-order valence-corrected chi connectivity index (χ2v) is 5.40. The van der Waals surface area contributed by atoms with E-state index in [2.05, 4.69) is 31.4 Å². The average molecular weight is 186 g/mol. The van der Waals surface area contributed by atoms with Crippen molar-refractivity contribution < 1.29 is 4.79 Å². The summed E-state index contributed by atoms with van der Waals surface area (Å²) in [4.78, 5) is 11.2. The van der Waals surface area contributed by atoms with Crippen LogP contribution in [0, 0.1) is 0 Å². The van der Waals surface area contributed by atoms with E-state index < -0.39 is 0 Å². The van der Waals surface area contributed by atoms with Gasteiger partial charge in [-0.25, -0.2) is 4.79 Å². The molecule has 0 saturated carbocycles. The minimum Gasteiger partial charge on any atom is -0.330 e. The standard InChI is InChI=1S/C8H14N2OS/c1-5-8(3)7(2,4-12-5)9-6(11)10-8/h5H,4H2,1-3H3,(H2,9,10,11)/t5?,7?,8-/m1/s1. The molecule has 2 saturated heterocycles. The smallest absolute Gasteiger partial charge is 0.315 e. The third-order valence-electron chi connectivity index (χ3n) is 3.34.